The van der Waals surface area contributed by atoms with E-state index in [1.807, 2.05) is 7.05 Å². The summed E-state index contributed by atoms with van der Waals surface area (Å²) in [5.41, 5.74) is 0. The molecule has 1 aliphatic carbocycles. The summed E-state index contributed by atoms with van der Waals surface area (Å²) in [6.45, 7) is 3.33. The van der Waals surface area contributed by atoms with Crippen molar-refractivity contribution in [3.8, 4) is 0 Å². The molecule has 0 saturated heterocycles. The summed E-state index contributed by atoms with van der Waals surface area (Å²) in [5, 5.41) is 6.41. The molecule has 0 unspecified atom stereocenters. The molecule has 1 saturated carbocycles. The molecular weight excluding hydrogens is 224 g/mol. The third kappa shape index (κ3) is 3.59. The lowest BCUT2D eigenvalue weighted by atomic mass is 9.81. The van der Waals surface area contributed by atoms with Crippen LogP contribution in [0.3, 0.4) is 0 Å². The molecule has 100 valence electrons. The van der Waals surface area contributed by atoms with Gasteiger partial charge in [0.15, 0.2) is 0 Å². The Bertz CT molecular complexity index is 359. The molecule has 0 amide bonds. The number of nitrogens with zero attached hydrogens (tertiary/aromatic N) is 2. The van der Waals surface area contributed by atoms with E-state index < -0.39 is 0 Å². The highest BCUT2D eigenvalue weighted by Crippen LogP contribution is 2.30. The summed E-state index contributed by atoms with van der Waals surface area (Å²) in [6, 6.07) is 0. The number of rotatable bonds is 5. The molecule has 18 heavy (non-hydrogen) atoms. The first kappa shape index (κ1) is 13.1. The van der Waals surface area contributed by atoms with Gasteiger partial charge in [-0.05, 0) is 24.7 Å². The van der Waals surface area contributed by atoms with Crippen LogP contribution in [-0.2, 0) is 0 Å². The molecule has 0 aliphatic heterocycles. The maximum Gasteiger partial charge on any atom is 0.146 e. The summed E-state index contributed by atoms with van der Waals surface area (Å²) in [7, 11) is 1.86. The molecule has 0 spiro atoms. The van der Waals surface area contributed by atoms with Crippen molar-refractivity contribution >= 4 is 11.6 Å². The van der Waals surface area contributed by atoms with Crippen LogP contribution in [0.25, 0.3) is 0 Å². The molecule has 0 atom stereocenters. The summed E-state index contributed by atoms with van der Waals surface area (Å²) < 4.78 is 0. The third-order valence-electron chi connectivity index (χ3n) is 4.01. The van der Waals surface area contributed by atoms with Gasteiger partial charge in [-0.2, -0.15) is 0 Å². The van der Waals surface area contributed by atoms with Gasteiger partial charge >= 0.3 is 0 Å². The van der Waals surface area contributed by atoms with Crippen LogP contribution in [0, 0.1) is 11.8 Å². The molecule has 0 aromatic carbocycles. The first-order valence-corrected chi connectivity index (χ1v) is 7.05. The van der Waals surface area contributed by atoms with Crippen molar-refractivity contribution in [3.05, 3.63) is 12.4 Å². The fourth-order valence-electron chi connectivity index (χ4n) is 2.66. The highest BCUT2D eigenvalue weighted by molar-refractivity contribution is 5.40. The fourth-order valence-corrected chi connectivity index (χ4v) is 2.66. The Morgan fingerprint density at radius 1 is 1.11 bits per heavy atom. The number of hydrogen-bond donors (Lipinski definition) is 2. The summed E-state index contributed by atoms with van der Waals surface area (Å²) in [4.78, 5) is 8.58. The van der Waals surface area contributed by atoms with Crippen LogP contribution in [0.1, 0.15) is 39.0 Å². The summed E-state index contributed by atoms with van der Waals surface area (Å²) in [6.07, 6.45) is 10.4. The van der Waals surface area contributed by atoms with E-state index in [0.717, 1.165) is 30.0 Å². The molecule has 4 heteroatoms. The Kier molecular flexibility index (Phi) is 4.79. The van der Waals surface area contributed by atoms with Gasteiger partial charge in [0, 0.05) is 13.6 Å². The van der Waals surface area contributed by atoms with E-state index in [4.69, 9.17) is 0 Å². The highest BCUT2D eigenvalue weighted by Gasteiger charge is 2.19. The van der Waals surface area contributed by atoms with Gasteiger partial charge in [0.25, 0.3) is 0 Å². The van der Waals surface area contributed by atoms with Crippen LogP contribution in [0.4, 0.5) is 11.6 Å². The van der Waals surface area contributed by atoms with Gasteiger partial charge < -0.3 is 10.6 Å². The largest absolute Gasteiger partial charge is 0.372 e. The van der Waals surface area contributed by atoms with Crippen molar-refractivity contribution in [2.75, 3.05) is 24.2 Å². The van der Waals surface area contributed by atoms with E-state index in [0.29, 0.717) is 0 Å². The van der Waals surface area contributed by atoms with Crippen LogP contribution >= 0.6 is 0 Å². The Labute approximate surface area is 110 Å². The molecular formula is C14H24N4. The maximum absolute atomic E-state index is 4.42. The van der Waals surface area contributed by atoms with E-state index in [9.17, 15) is 0 Å². The van der Waals surface area contributed by atoms with E-state index in [1.165, 1.54) is 32.1 Å². The lowest BCUT2D eigenvalue weighted by Crippen LogP contribution is -2.21. The number of anilines is 2. The van der Waals surface area contributed by atoms with Crippen LogP contribution in [0.2, 0.25) is 0 Å². The monoisotopic (exact) mass is 248 g/mol. The Hall–Kier alpha value is -1.32. The second-order valence-corrected chi connectivity index (χ2v) is 5.22. The van der Waals surface area contributed by atoms with Crippen molar-refractivity contribution < 1.29 is 0 Å². The van der Waals surface area contributed by atoms with Crippen LogP contribution in [0.5, 0.6) is 0 Å². The van der Waals surface area contributed by atoms with E-state index in [-0.39, 0.29) is 0 Å². The molecule has 1 fully saturated rings. The van der Waals surface area contributed by atoms with Gasteiger partial charge in [-0.1, -0.05) is 26.2 Å². The van der Waals surface area contributed by atoms with Crippen molar-refractivity contribution in [1.82, 2.24) is 9.97 Å². The standard InChI is InChI=1S/C14H24N4/c1-3-11-4-6-12(7-5-11)8-17-14-10-16-9-13(15-2)18-14/h9-12H,3-8H2,1-2H3,(H2,15,17,18). The number of aromatic nitrogens is 2. The van der Waals surface area contributed by atoms with Crippen LogP contribution in [-0.4, -0.2) is 23.6 Å². The molecule has 1 heterocycles. The van der Waals surface area contributed by atoms with Gasteiger partial charge in [-0.25, -0.2) is 4.98 Å². The average Bonchev–Trinajstić information content (AvgIpc) is 2.46. The predicted octanol–water partition coefficient (Wildman–Crippen LogP) is 3.15. The first-order valence-electron chi connectivity index (χ1n) is 7.05. The number of hydrogen-bond acceptors (Lipinski definition) is 4. The highest BCUT2D eigenvalue weighted by atomic mass is 15.1. The Morgan fingerprint density at radius 3 is 2.44 bits per heavy atom. The lowest BCUT2D eigenvalue weighted by Gasteiger charge is -2.27. The molecule has 0 radical (unpaired) electrons. The minimum absolute atomic E-state index is 0.799. The zero-order valence-electron chi connectivity index (χ0n) is 11.4. The minimum Gasteiger partial charge on any atom is -0.372 e. The van der Waals surface area contributed by atoms with Gasteiger partial charge in [0.1, 0.15) is 11.6 Å². The lowest BCUT2D eigenvalue weighted by molar-refractivity contribution is 0.278. The molecule has 1 aromatic rings. The molecule has 2 N–H and O–H groups in total. The summed E-state index contributed by atoms with van der Waals surface area (Å²) >= 11 is 0. The van der Waals surface area contributed by atoms with Crippen LogP contribution in [0.15, 0.2) is 12.4 Å². The molecule has 4 nitrogen and oxygen atoms in total. The Morgan fingerprint density at radius 2 is 1.78 bits per heavy atom. The van der Waals surface area contributed by atoms with Gasteiger partial charge in [-0.15, -0.1) is 0 Å². The van der Waals surface area contributed by atoms with Crippen molar-refractivity contribution in [2.45, 2.75) is 39.0 Å². The quantitative estimate of drug-likeness (QED) is 0.840. The van der Waals surface area contributed by atoms with E-state index in [2.05, 4.69) is 27.5 Å². The molecule has 0 bridgehead atoms. The van der Waals surface area contributed by atoms with Gasteiger partial charge in [0.05, 0.1) is 12.4 Å². The first-order chi connectivity index (χ1) is 8.81. The van der Waals surface area contributed by atoms with E-state index in [1.54, 1.807) is 12.4 Å². The zero-order chi connectivity index (χ0) is 12.8. The smallest absolute Gasteiger partial charge is 0.146 e. The fraction of sp³-hybridized carbons (Fsp3) is 0.714. The van der Waals surface area contributed by atoms with E-state index >= 15 is 0 Å². The van der Waals surface area contributed by atoms with Crippen molar-refractivity contribution in [3.63, 3.8) is 0 Å². The second kappa shape index (κ2) is 6.57. The second-order valence-electron chi connectivity index (χ2n) is 5.22. The molecule has 2 rings (SSSR count). The topological polar surface area (TPSA) is 49.8 Å². The predicted molar refractivity (Wildman–Crippen MR) is 75.8 cm³/mol. The minimum atomic E-state index is 0.799. The zero-order valence-corrected chi connectivity index (χ0v) is 11.4. The van der Waals surface area contributed by atoms with Crippen molar-refractivity contribution in [2.24, 2.45) is 11.8 Å². The normalized spacial score (nSPS) is 23.7. The third-order valence-corrected chi connectivity index (χ3v) is 4.01. The molecule has 1 aromatic heterocycles. The van der Waals surface area contributed by atoms with Crippen molar-refractivity contribution in [1.29, 1.82) is 0 Å². The maximum atomic E-state index is 4.42. The van der Waals surface area contributed by atoms with Gasteiger partial charge in [0.2, 0.25) is 0 Å². The van der Waals surface area contributed by atoms with Crippen LogP contribution < -0.4 is 10.6 Å². The number of nitrogens with one attached hydrogen (secondary N) is 2. The average molecular weight is 248 g/mol. The SMILES string of the molecule is CCC1CCC(CNc2cncc(NC)n2)CC1. The molecule has 1 aliphatic rings. The summed E-state index contributed by atoms with van der Waals surface area (Å²) in [5.74, 6) is 3.45. The van der Waals surface area contributed by atoms with Gasteiger partial charge in [-0.3, -0.25) is 4.98 Å². The Balaban J connectivity index is 1.77.